The summed E-state index contributed by atoms with van der Waals surface area (Å²) >= 11 is 6.06. The Morgan fingerprint density at radius 1 is 1.30 bits per heavy atom. The molecule has 2 rings (SSSR count). The predicted octanol–water partition coefficient (Wildman–Crippen LogP) is 2.92. The number of ether oxygens (including phenoxy) is 1. The summed E-state index contributed by atoms with van der Waals surface area (Å²) in [6.45, 7) is 3.99. The number of aromatic amines is 1. The topological polar surface area (TPSA) is 71.2 Å². The number of benzene rings is 1. The number of aromatic nitrogens is 1. The van der Waals surface area contributed by atoms with Crippen LogP contribution in [0.1, 0.15) is 29.4 Å². The van der Waals surface area contributed by atoms with Gasteiger partial charge in [0.2, 0.25) is 0 Å². The second-order valence-corrected chi connectivity index (χ2v) is 5.58. The van der Waals surface area contributed by atoms with Crippen LogP contribution in [-0.2, 0) is 0 Å². The number of carbonyl (C=O) groups is 1. The lowest BCUT2D eigenvalue weighted by Crippen LogP contribution is -2.37. The second kappa shape index (κ2) is 7.83. The van der Waals surface area contributed by atoms with Crippen molar-refractivity contribution in [1.82, 2.24) is 10.3 Å². The van der Waals surface area contributed by atoms with Crippen LogP contribution in [0.5, 0.6) is 5.75 Å². The zero-order valence-corrected chi connectivity index (χ0v) is 13.8. The maximum atomic E-state index is 12.1. The van der Waals surface area contributed by atoms with Gasteiger partial charge in [-0.3, -0.25) is 9.59 Å². The van der Waals surface area contributed by atoms with Crippen molar-refractivity contribution in [2.45, 2.75) is 26.4 Å². The lowest BCUT2D eigenvalue weighted by molar-refractivity contribution is 0.0924. The molecule has 1 aromatic heterocycles. The smallest absolute Gasteiger partial charge is 0.260 e. The molecule has 1 amide bonds. The van der Waals surface area contributed by atoms with E-state index < -0.39 is 11.5 Å². The van der Waals surface area contributed by atoms with Crippen LogP contribution in [0, 0.1) is 6.92 Å². The molecule has 0 radical (unpaired) electrons. The molecule has 0 fully saturated rings. The van der Waals surface area contributed by atoms with E-state index in [0.29, 0.717) is 22.9 Å². The number of hydrogen-bond acceptors (Lipinski definition) is 3. The summed E-state index contributed by atoms with van der Waals surface area (Å²) in [7, 11) is 0. The number of H-pyrrole nitrogens is 1. The van der Waals surface area contributed by atoms with Crippen LogP contribution in [0.2, 0.25) is 5.02 Å². The normalized spacial score (nSPS) is 11.8. The van der Waals surface area contributed by atoms with E-state index in [9.17, 15) is 9.59 Å². The number of rotatable bonds is 6. The third kappa shape index (κ3) is 4.60. The van der Waals surface area contributed by atoms with Crippen LogP contribution in [-0.4, -0.2) is 23.5 Å². The Balaban J connectivity index is 1.99. The van der Waals surface area contributed by atoms with Crippen molar-refractivity contribution in [1.29, 1.82) is 0 Å². The minimum Gasteiger partial charge on any atom is -0.487 e. The van der Waals surface area contributed by atoms with Gasteiger partial charge in [0, 0.05) is 5.69 Å². The summed E-state index contributed by atoms with van der Waals surface area (Å²) in [5, 5.41) is 3.24. The maximum Gasteiger partial charge on any atom is 0.260 e. The fraction of sp³-hybridized carbons (Fsp3) is 0.294. The van der Waals surface area contributed by atoms with Crippen molar-refractivity contribution in [2.75, 3.05) is 6.54 Å². The van der Waals surface area contributed by atoms with Gasteiger partial charge in [-0.2, -0.15) is 0 Å². The molecule has 122 valence electrons. The third-order valence-corrected chi connectivity index (χ3v) is 3.69. The van der Waals surface area contributed by atoms with Crippen LogP contribution < -0.4 is 15.6 Å². The van der Waals surface area contributed by atoms with Gasteiger partial charge in [-0.1, -0.05) is 30.7 Å². The molecule has 6 heteroatoms. The average Bonchev–Trinajstić information content (AvgIpc) is 2.52. The number of amides is 1. The van der Waals surface area contributed by atoms with Crippen molar-refractivity contribution in [3.8, 4) is 5.75 Å². The first-order valence-corrected chi connectivity index (χ1v) is 7.78. The first-order chi connectivity index (χ1) is 11.0. The summed E-state index contributed by atoms with van der Waals surface area (Å²) < 4.78 is 5.80. The molecule has 5 nitrogen and oxygen atoms in total. The van der Waals surface area contributed by atoms with Gasteiger partial charge in [0.15, 0.2) is 0 Å². The van der Waals surface area contributed by atoms with Gasteiger partial charge in [-0.05, 0) is 37.6 Å². The predicted molar refractivity (Wildman–Crippen MR) is 90.3 cm³/mol. The van der Waals surface area contributed by atoms with Crippen molar-refractivity contribution in [3.05, 3.63) is 63.0 Å². The van der Waals surface area contributed by atoms with E-state index in [2.05, 4.69) is 10.3 Å². The van der Waals surface area contributed by atoms with Gasteiger partial charge in [0.05, 0.1) is 11.6 Å². The van der Waals surface area contributed by atoms with Gasteiger partial charge in [0.1, 0.15) is 17.4 Å². The molecule has 0 saturated carbocycles. The minimum absolute atomic E-state index is 0.0863. The van der Waals surface area contributed by atoms with Crippen LogP contribution in [0.15, 0.2) is 41.2 Å². The minimum atomic E-state index is -0.424. The lowest BCUT2D eigenvalue weighted by atomic mass is 10.2. The largest absolute Gasteiger partial charge is 0.487 e. The summed E-state index contributed by atoms with van der Waals surface area (Å²) in [5.41, 5.74) is 0.394. The van der Waals surface area contributed by atoms with Crippen molar-refractivity contribution < 1.29 is 9.53 Å². The molecule has 23 heavy (non-hydrogen) atoms. The van der Waals surface area contributed by atoms with E-state index in [-0.39, 0.29) is 18.2 Å². The van der Waals surface area contributed by atoms with Crippen LogP contribution in [0.25, 0.3) is 0 Å². The number of nitrogens with one attached hydrogen (secondary N) is 2. The number of aryl methyl sites for hydroxylation is 1. The van der Waals surface area contributed by atoms with Crippen LogP contribution >= 0.6 is 11.6 Å². The Hall–Kier alpha value is -2.27. The third-order valence-electron chi connectivity index (χ3n) is 3.38. The molecule has 0 unspecified atom stereocenters. The lowest BCUT2D eigenvalue weighted by Gasteiger charge is -2.18. The Morgan fingerprint density at radius 3 is 2.70 bits per heavy atom. The zero-order chi connectivity index (χ0) is 16.8. The Bertz CT molecular complexity index is 743. The molecule has 0 aliphatic heterocycles. The number of pyridine rings is 1. The van der Waals surface area contributed by atoms with E-state index in [1.54, 1.807) is 25.1 Å². The quantitative estimate of drug-likeness (QED) is 0.853. The molecule has 0 aliphatic rings. The van der Waals surface area contributed by atoms with E-state index >= 15 is 0 Å². The molecule has 0 aliphatic carbocycles. The molecule has 0 bridgehead atoms. The highest BCUT2D eigenvalue weighted by atomic mass is 35.5. The molecule has 1 heterocycles. The molecule has 2 N–H and O–H groups in total. The first kappa shape index (κ1) is 17.1. The van der Waals surface area contributed by atoms with E-state index in [1.165, 1.54) is 6.07 Å². The number of carbonyl (C=O) groups excluding carboxylic acids is 1. The SMILES string of the molecule is CC[C@H](CNC(=O)c1ccc(C)[nH]c1=O)Oc1ccccc1Cl. The van der Waals surface area contributed by atoms with Crippen molar-refractivity contribution in [2.24, 2.45) is 0 Å². The van der Waals surface area contributed by atoms with E-state index in [0.717, 1.165) is 0 Å². The monoisotopic (exact) mass is 334 g/mol. The highest BCUT2D eigenvalue weighted by Crippen LogP contribution is 2.24. The van der Waals surface area contributed by atoms with Gasteiger partial charge in [0.25, 0.3) is 11.5 Å². The van der Waals surface area contributed by atoms with Gasteiger partial charge in [-0.15, -0.1) is 0 Å². The zero-order valence-electron chi connectivity index (χ0n) is 13.1. The molecular formula is C17H19ClN2O3. The summed E-state index contributed by atoms with van der Waals surface area (Å²) in [5.74, 6) is 0.149. The maximum absolute atomic E-state index is 12.1. The van der Waals surface area contributed by atoms with Crippen molar-refractivity contribution >= 4 is 17.5 Å². The standard InChI is InChI=1S/C17H19ClN2O3/c1-3-12(23-15-7-5-4-6-14(15)18)10-19-16(21)13-9-8-11(2)20-17(13)22/h4-9,12H,3,10H2,1-2H3,(H,19,21)(H,20,22)/t12-/m1/s1. The van der Waals surface area contributed by atoms with Gasteiger partial charge < -0.3 is 15.0 Å². The highest BCUT2D eigenvalue weighted by molar-refractivity contribution is 6.32. The fourth-order valence-corrected chi connectivity index (χ4v) is 2.22. The van der Waals surface area contributed by atoms with Gasteiger partial charge >= 0.3 is 0 Å². The summed E-state index contributed by atoms with van der Waals surface area (Å²) in [6, 6.07) is 10.4. The summed E-state index contributed by atoms with van der Waals surface area (Å²) in [6.07, 6.45) is 0.457. The fourth-order valence-electron chi connectivity index (χ4n) is 2.04. The Morgan fingerprint density at radius 2 is 2.04 bits per heavy atom. The molecular weight excluding hydrogens is 316 g/mol. The number of para-hydroxylation sites is 1. The van der Waals surface area contributed by atoms with E-state index in [1.807, 2.05) is 19.1 Å². The second-order valence-electron chi connectivity index (χ2n) is 5.17. The molecule has 1 atom stereocenters. The Kier molecular flexibility index (Phi) is 5.82. The average molecular weight is 335 g/mol. The van der Waals surface area contributed by atoms with Crippen LogP contribution in [0.4, 0.5) is 0 Å². The van der Waals surface area contributed by atoms with Crippen molar-refractivity contribution in [3.63, 3.8) is 0 Å². The van der Waals surface area contributed by atoms with E-state index in [4.69, 9.17) is 16.3 Å². The molecule has 2 aromatic rings. The Labute approximate surface area is 139 Å². The first-order valence-electron chi connectivity index (χ1n) is 7.40. The number of hydrogen-bond donors (Lipinski definition) is 2. The molecule has 1 aromatic carbocycles. The van der Waals surface area contributed by atoms with Gasteiger partial charge in [-0.25, -0.2) is 0 Å². The molecule has 0 saturated heterocycles. The molecule has 0 spiro atoms. The summed E-state index contributed by atoms with van der Waals surface area (Å²) in [4.78, 5) is 26.5. The highest BCUT2D eigenvalue weighted by Gasteiger charge is 2.14. The number of halogens is 1. The van der Waals surface area contributed by atoms with Crippen LogP contribution in [0.3, 0.4) is 0 Å².